The fourth-order valence-corrected chi connectivity index (χ4v) is 7.03. The molecule has 3 nitrogen and oxygen atoms in total. The maximum absolute atomic E-state index is 6.15. The Bertz CT molecular complexity index is 1220. The Morgan fingerprint density at radius 2 is 1.80 bits per heavy atom. The summed E-state index contributed by atoms with van der Waals surface area (Å²) in [5.74, 6) is 1.69. The Kier molecular flexibility index (Phi) is 6.80. The highest BCUT2D eigenvalue weighted by Crippen LogP contribution is 2.47. The molecule has 1 N–H and O–H groups in total. The average Bonchev–Trinajstić information content (AvgIpc) is 3.06. The third-order valence-corrected chi connectivity index (χ3v) is 8.90. The fraction of sp³-hybridized carbons (Fsp3) is 0.452. The van der Waals surface area contributed by atoms with E-state index in [0.29, 0.717) is 0 Å². The summed E-state index contributed by atoms with van der Waals surface area (Å²) in [5.41, 5.74) is 8.81. The lowest BCUT2D eigenvalue weighted by Gasteiger charge is -2.36. The number of likely N-dealkylation sites (tertiary alicyclic amines) is 1. The van der Waals surface area contributed by atoms with Gasteiger partial charge in [0.05, 0.1) is 5.52 Å². The zero-order chi connectivity index (χ0) is 23.6. The molecule has 2 fully saturated rings. The normalized spacial score (nSPS) is 23.0. The molecular formula is C31H36ClN3. The number of piperidine rings is 1. The minimum atomic E-state index is 0.733. The van der Waals surface area contributed by atoms with E-state index in [9.17, 15) is 0 Å². The molecule has 1 unspecified atom stereocenters. The quantitative estimate of drug-likeness (QED) is 0.412. The molecule has 0 spiro atoms. The van der Waals surface area contributed by atoms with Crippen molar-refractivity contribution in [2.75, 3.05) is 31.5 Å². The topological polar surface area (TPSA) is 28.2 Å². The van der Waals surface area contributed by atoms with Crippen molar-refractivity contribution >= 4 is 33.8 Å². The van der Waals surface area contributed by atoms with Gasteiger partial charge in [-0.1, -0.05) is 54.3 Å². The van der Waals surface area contributed by atoms with Crippen LogP contribution in [0, 0.1) is 11.8 Å². The van der Waals surface area contributed by atoms with Crippen LogP contribution in [0.1, 0.15) is 56.1 Å². The number of hydrogen-bond donors (Lipinski definition) is 1. The zero-order valence-corrected chi connectivity index (χ0v) is 21.4. The van der Waals surface area contributed by atoms with Crippen LogP contribution in [-0.2, 0) is 6.42 Å². The van der Waals surface area contributed by atoms with E-state index in [-0.39, 0.29) is 0 Å². The molecule has 4 heteroatoms. The SMILES string of the molecule is Clc1ccc2c(NCCN3CCC(=C4c5ccccc5CCC5CCCC[C@H]45)CC3)ccnc2c1. The Labute approximate surface area is 214 Å². The van der Waals surface area contributed by atoms with Gasteiger partial charge in [-0.05, 0) is 91.3 Å². The van der Waals surface area contributed by atoms with E-state index >= 15 is 0 Å². The minimum Gasteiger partial charge on any atom is -0.383 e. The first-order chi connectivity index (χ1) is 17.3. The largest absolute Gasteiger partial charge is 0.383 e. The van der Waals surface area contributed by atoms with Gasteiger partial charge in [-0.15, -0.1) is 0 Å². The highest BCUT2D eigenvalue weighted by atomic mass is 35.5. The predicted molar refractivity (Wildman–Crippen MR) is 148 cm³/mol. The number of rotatable bonds is 4. The molecule has 182 valence electrons. The number of anilines is 1. The number of pyridine rings is 1. The van der Waals surface area contributed by atoms with Crippen molar-refractivity contribution in [3.63, 3.8) is 0 Å². The summed E-state index contributed by atoms with van der Waals surface area (Å²) in [6.45, 7) is 4.36. The number of benzene rings is 2. The van der Waals surface area contributed by atoms with Gasteiger partial charge in [-0.3, -0.25) is 4.98 Å². The van der Waals surface area contributed by atoms with Crippen molar-refractivity contribution in [1.29, 1.82) is 0 Å². The van der Waals surface area contributed by atoms with Gasteiger partial charge in [0.15, 0.2) is 0 Å². The number of hydrogen-bond acceptors (Lipinski definition) is 3. The Morgan fingerprint density at radius 3 is 2.71 bits per heavy atom. The van der Waals surface area contributed by atoms with Crippen molar-refractivity contribution in [1.82, 2.24) is 9.88 Å². The first-order valence-electron chi connectivity index (χ1n) is 13.6. The van der Waals surface area contributed by atoms with E-state index in [0.717, 1.165) is 46.5 Å². The third kappa shape index (κ3) is 4.86. The van der Waals surface area contributed by atoms with Gasteiger partial charge >= 0.3 is 0 Å². The van der Waals surface area contributed by atoms with Crippen molar-refractivity contribution in [2.24, 2.45) is 11.8 Å². The van der Waals surface area contributed by atoms with Crippen molar-refractivity contribution in [2.45, 2.75) is 51.4 Å². The van der Waals surface area contributed by atoms with Crippen LogP contribution in [0.25, 0.3) is 16.5 Å². The Morgan fingerprint density at radius 1 is 0.943 bits per heavy atom. The average molecular weight is 486 g/mol. The van der Waals surface area contributed by atoms with E-state index in [1.165, 1.54) is 64.5 Å². The van der Waals surface area contributed by atoms with Crippen LogP contribution in [0.5, 0.6) is 0 Å². The van der Waals surface area contributed by atoms with Crippen LogP contribution in [0.4, 0.5) is 5.69 Å². The number of aromatic nitrogens is 1. The van der Waals surface area contributed by atoms with Crippen molar-refractivity contribution in [3.8, 4) is 0 Å². The molecule has 6 rings (SSSR count). The highest BCUT2D eigenvalue weighted by Gasteiger charge is 2.34. The van der Waals surface area contributed by atoms with Gasteiger partial charge in [-0.2, -0.15) is 0 Å². The van der Waals surface area contributed by atoms with Gasteiger partial charge in [0, 0.05) is 48.5 Å². The number of fused-ring (bicyclic) bond motifs is 3. The zero-order valence-electron chi connectivity index (χ0n) is 20.6. The van der Waals surface area contributed by atoms with Gasteiger partial charge in [0.2, 0.25) is 0 Å². The van der Waals surface area contributed by atoms with Crippen LogP contribution in [0.2, 0.25) is 5.02 Å². The fourth-order valence-electron chi connectivity index (χ4n) is 6.87. The molecule has 0 bridgehead atoms. The first kappa shape index (κ1) is 23.1. The maximum Gasteiger partial charge on any atom is 0.0737 e. The van der Waals surface area contributed by atoms with Crippen molar-refractivity contribution in [3.05, 3.63) is 76.5 Å². The summed E-state index contributed by atoms with van der Waals surface area (Å²) >= 11 is 6.15. The van der Waals surface area contributed by atoms with E-state index in [1.807, 2.05) is 18.3 Å². The summed E-state index contributed by atoms with van der Waals surface area (Å²) in [7, 11) is 0. The van der Waals surface area contributed by atoms with Crippen molar-refractivity contribution < 1.29 is 0 Å². The molecule has 3 aromatic rings. The lowest BCUT2D eigenvalue weighted by molar-refractivity contribution is 0.259. The van der Waals surface area contributed by atoms with Crippen LogP contribution in [0.15, 0.2) is 60.3 Å². The monoisotopic (exact) mass is 485 g/mol. The highest BCUT2D eigenvalue weighted by molar-refractivity contribution is 6.31. The standard InChI is InChI=1S/C31H36ClN3/c32-25-11-12-28-29(13-16-33-30(28)21-25)34-17-20-35-18-14-24(15-19-35)31-26-7-3-1-5-22(26)9-10-23-6-2-4-8-27(23)31/h1,3,5,7,11-13,16,21,23,27H,2,4,6,8-10,14-15,17-20H2,(H,33,34)/t23?,27-/m0/s1. The molecule has 0 radical (unpaired) electrons. The second-order valence-corrected chi connectivity index (χ2v) is 11.1. The van der Waals surface area contributed by atoms with Crippen LogP contribution in [-0.4, -0.2) is 36.1 Å². The van der Waals surface area contributed by atoms with E-state index in [2.05, 4.69) is 51.6 Å². The van der Waals surface area contributed by atoms with Gasteiger partial charge in [0.25, 0.3) is 0 Å². The van der Waals surface area contributed by atoms with Crippen LogP contribution < -0.4 is 5.32 Å². The number of halogens is 1. The molecule has 2 aliphatic carbocycles. The first-order valence-corrected chi connectivity index (χ1v) is 13.9. The van der Waals surface area contributed by atoms with E-state index in [4.69, 9.17) is 11.6 Å². The Hall–Kier alpha value is -2.36. The smallest absolute Gasteiger partial charge is 0.0737 e. The maximum atomic E-state index is 6.15. The Balaban J connectivity index is 1.14. The summed E-state index contributed by atoms with van der Waals surface area (Å²) in [4.78, 5) is 7.10. The minimum absolute atomic E-state index is 0.733. The lowest BCUT2D eigenvalue weighted by Crippen LogP contribution is -2.35. The summed E-state index contributed by atoms with van der Waals surface area (Å²) < 4.78 is 0. The molecule has 2 atom stereocenters. The molecule has 1 aliphatic heterocycles. The van der Waals surface area contributed by atoms with E-state index < -0.39 is 0 Å². The second-order valence-electron chi connectivity index (χ2n) is 10.7. The molecular weight excluding hydrogens is 450 g/mol. The molecule has 3 aliphatic rings. The summed E-state index contributed by atoms with van der Waals surface area (Å²) in [5, 5.41) is 5.52. The number of allylic oxidation sites excluding steroid dienone is 1. The molecule has 0 amide bonds. The molecule has 35 heavy (non-hydrogen) atoms. The van der Waals surface area contributed by atoms with Crippen LogP contribution in [0.3, 0.4) is 0 Å². The summed E-state index contributed by atoms with van der Waals surface area (Å²) in [6, 6.07) is 17.3. The molecule has 1 aromatic heterocycles. The third-order valence-electron chi connectivity index (χ3n) is 8.66. The molecule has 1 saturated carbocycles. The van der Waals surface area contributed by atoms with Crippen LogP contribution >= 0.6 is 11.6 Å². The molecule has 1 saturated heterocycles. The number of aryl methyl sites for hydroxylation is 1. The lowest BCUT2D eigenvalue weighted by atomic mass is 9.71. The second kappa shape index (κ2) is 10.3. The molecule has 2 aromatic carbocycles. The number of nitrogens with zero attached hydrogens (tertiary/aromatic N) is 2. The summed E-state index contributed by atoms with van der Waals surface area (Å²) in [6.07, 6.45) is 12.6. The van der Waals surface area contributed by atoms with Gasteiger partial charge in [0.1, 0.15) is 0 Å². The van der Waals surface area contributed by atoms with Gasteiger partial charge < -0.3 is 10.2 Å². The number of nitrogens with one attached hydrogen (secondary N) is 1. The van der Waals surface area contributed by atoms with Gasteiger partial charge in [-0.25, -0.2) is 0 Å². The predicted octanol–water partition coefficient (Wildman–Crippen LogP) is 7.60. The molecule has 2 heterocycles. The van der Waals surface area contributed by atoms with E-state index in [1.54, 1.807) is 22.3 Å².